The van der Waals surface area contributed by atoms with Crippen LogP contribution in [-0.2, 0) is 6.42 Å². The molecule has 0 unspecified atom stereocenters. The Hall–Kier alpha value is -1.89. The molecule has 106 valence electrons. The van der Waals surface area contributed by atoms with Crippen LogP contribution in [0.3, 0.4) is 0 Å². The summed E-state index contributed by atoms with van der Waals surface area (Å²) >= 11 is 2.23. The van der Waals surface area contributed by atoms with Crippen molar-refractivity contribution in [1.82, 2.24) is 10.1 Å². The number of hydrogen-bond acceptors (Lipinski definition) is 4. The molecule has 0 aliphatic carbocycles. The lowest BCUT2D eigenvalue weighted by molar-refractivity contribution is 0.424. The number of benzene rings is 2. The molecule has 0 saturated heterocycles. The van der Waals surface area contributed by atoms with Crippen LogP contribution in [0.1, 0.15) is 17.0 Å². The first kappa shape index (κ1) is 14.1. The molecule has 0 radical (unpaired) electrons. The minimum Gasteiger partial charge on any atom is -0.398 e. The van der Waals surface area contributed by atoms with Crippen LogP contribution in [0.2, 0.25) is 0 Å². The summed E-state index contributed by atoms with van der Waals surface area (Å²) in [4.78, 5) is 4.44. The van der Waals surface area contributed by atoms with E-state index in [0.717, 1.165) is 14.7 Å². The van der Waals surface area contributed by atoms with Crippen molar-refractivity contribution >= 4 is 28.3 Å². The van der Waals surface area contributed by atoms with Crippen molar-refractivity contribution < 1.29 is 4.52 Å². The molecule has 0 fully saturated rings. The standard InChI is InChI=1S/C16H14IN3O/c1-10-2-4-11(5-3-10)8-15-19-16(21-20-15)13-9-12(17)6-7-14(13)18/h2-7,9H,8,18H2,1H3. The van der Waals surface area contributed by atoms with Crippen LogP contribution in [0.15, 0.2) is 47.0 Å². The lowest BCUT2D eigenvalue weighted by Crippen LogP contribution is -1.93. The summed E-state index contributed by atoms with van der Waals surface area (Å²) in [7, 11) is 0. The van der Waals surface area contributed by atoms with Gasteiger partial charge in [-0.05, 0) is 53.3 Å². The molecule has 2 aromatic carbocycles. The Labute approximate surface area is 136 Å². The second kappa shape index (κ2) is 5.85. The minimum atomic E-state index is 0.466. The van der Waals surface area contributed by atoms with Crippen molar-refractivity contribution in [1.29, 1.82) is 0 Å². The Balaban J connectivity index is 1.86. The molecule has 2 N–H and O–H groups in total. The third kappa shape index (κ3) is 3.24. The number of anilines is 1. The highest BCUT2D eigenvalue weighted by molar-refractivity contribution is 14.1. The van der Waals surface area contributed by atoms with Crippen molar-refractivity contribution in [2.45, 2.75) is 13.3 Å². The summed E-state index contributed by atoms with van der Waals surface area (Å²) in [6.45, 7) is 2.07. The fourth-order valence-electron chi connectivity index (χ4n) is 2.04. The summed E-state index contributed by atoms with van der Waals surface area (Å²) in [5.41, 5.74) is 9.78. The first-order valence-electron chi connectivity index (χ1n) is 6.55. The Bertz CT molecular complexity index is 765. The van der Waals surface area contributed by atoms with Gasteiger partial charge in [-0.3, -0.25) is 0 Å². The summed E-state index contributed by atoms with van der Waals surface area (Å²) in [5.74, 6) is 1.13. The SMILES string of the molecule is Cc1ccc(Cc2noc(-c3cc(I)ccc3N)n2)cc1. The van der Waals surface area contributed by atoms with Crippen LogP contribution in [0.25, 0.3) is 11.5 Å². The van der Waals surface area contributed by atoms with Crippen LogP contribution >= 0.6 is 22.6 Å². The zero-order valence-corrected chi connectivity index (χ0v) is 13.7. The number of rotatable bonds is 3. The normalized spacial score (nSPS) is 10.8. The number of nitrogens with zero attached hydrogens (tertiary/aromatic N) is 2. The van der Waals surface area contributed by atoms with Gasteiger partial charge >= 0.3 is 0 Å². The summed E-state index contributed by atoms with van der Waals surface area (Å²) in [5, 5.41) is 4.04. The van der Waals surface area contributed by atoms with Crippen molar-refractivity contribution in [2.75, 3.05) is 5.73 Å². The highest BCUT2D eigenvalue weighted by atomic mass is 127. The van der Waals surface area contributed by atoms with Gasteiger partial charge in [-0.1, -0.05) is 35.0 Å². The van der Waals surface area contributed by atoms with Crippen LogP contribution in [0.5, 0.6) is 0 Å². The Kier molecular flexibility index (Phi) is 3.92. The number of aryl methyl sites for hydroxylation is 1. The molecule has 0 spiro atoms. The number of nitrogen functional groups attached to an aromatic ring is 1. The third-order valence-electron chi connectivity index (χ3n) is 3.20. The topological polar surface area (TPSA) is 64.9 Å². The molecular weight excluding hydrogens is 377 g/mol. The van der Waals surface area contributed by atoms with E-state index in [1.165, 1.54) is 5.56 Å². The molecule has 4 nitrogen and oxygen atoms in total. The lowest BCUT2D eigenvalue weighted by atomic mass is 10.1. The van der Waals surface area contributed by atoms with Crippen LogP contribution in [0, 0.1) is 10.5 Å². The minimum absolute atomic E-state index is 0.466. The maximum atomic E-state index is 5.97. The predicted octanol–water partition coefficient (Wildman–Crippen LogP) is 3.82. The van der Waals surface area contributed by atoms with Crippen LogP contribution in [-0.4, -0.2) is 10.1 Å². The predicted molar refractivity (Wildman–Crippen MR) is 90.8 cm³/mol. The Morgan fingerprint density at radius 2 is 1.90 bits per heavy atom. The van der Waals surface area contributed by atoms with E-state index in [-0.39, 0.29) is 0 Å². The molecule has 0 atom stereocenters. The smallest absolute Gasteiger partial charge is 0.260 e. The average Bonchev–Trinajstić information content (AvgIpc) is 2.92. The molecule has 3 rings (SSSR count). The molecule has 0 amide bonds. The van der Waals surface area contributed by atoms with Gasteiger partial charge in [0.1, 0.15) is 0 Å². The maximum absolute atomic E-state index is 5.97. The lowest BCUT2D eigenvalue weighted by Gasteiger charge is -2.00. The van der Waals surface area contributed by atoms with Crippen molar-refractivity contribution in [2.24, 2.45) is 0 Å². The number of aromatic nitrogens is 2. The molecule has 5 heteroatoms. The Morgan fingerprint density at radius 1 is 1.14 bits per heavy atom. The summed E-state index contributed by atoms with van der Waals surface area (Å²) in [6, 6.07) is 14.0. The third-order valence-corrected chi connectivity index (χ3v) is 3.87. The zero-order chi connectivity index (χ0) is 14.8. The molecule has 0 aliphatic rings. The maximum Gasteiger partial charge on any atom is 0.260 e. The first-order chi connectivity index (χ1) is 10.1. The van der Waals surface area contributed by atoms with E-state index >= 15 is 0 Å². The number of hydrogen-bond donors (Lipinski definition) is 1. The second-order valence-corrected chi connectivity index (χ2v) is 6.16. The van der Waals surface area contributed by atoms with E-state index in [1.807, 2.05) is 18.2 Å². The van der Waals surface area contributed by atoms with Gasteiger partial charge in [0.2, 0.25) is 0 Å². The van der Waals surface area contributed by atoms with E-state index in [0.29, 0.717) is 23.8 Å². The fraction of sp³-hybridized carbons (Fsp3) is 0.125. The van der Waals surface area contributed by atoms with Gasteiger partial charge in [0.05, 0.1) is 5.56 Å². The number of halogens is 1. The van der Waals surface area contributed by atoms with E-state index in [1.54, 1.807) is 0 Å². The largest absolute Gasteiger partial charge is 0.398 e. The van der Waals surface area contributed by atoms with Gasteiger partial charge in [-0.15, -0.1) is 0 Å². The molecule has 1 heterocycles. The monoisotopic (exact) mass is 391 g/mol. The van der Waals surface area contributed by atoms with E-state index < -0.39 is 0 Å². The Morgan fingerprint density at radius 3 is 2.67 bits per heavy atom. The van der Waals surface area contributed by atoms with Crippen LogP contribution < -0.4 is 5.73 Å². The quantitative estimate of drug-likeness (QED) is 0.545. The zero-order valence-electron chi connectivity index (χ0n) is 11.5. The highest BCUT2D eigenvalue weighted by Crippen LogP contribution is 2.26. The molecule has 0 bridgehead atoms. The van der Waals surface area contributed by atoms with Crippen molar-refractivity contribution in [3.63, 3.8) is 0 Å². The van der Waals surface area contributed by atoms with Gasteiger partial charge in [0.25, 0.3) is 5.89 Å². The molecule has 0 saturated carbocycles. The summed E-state index contributed by atoms with van der Waals surface area (Å²) < 4.78 is 6.42. The molecule has 21 heavy (non-hydrogen) atoms. The van der Waals surface area contributed by atoms with Crippen molar-refractivity contribution in [3.8, 4) is 11.5 Å². The van der Waals surface area contributed by atoms with Gasteiger partial charge in [-0.2, -0.15) is 4.98 Å². The highest BCUT2D eigenvalue weighted by Gasteiger charge is 2.12. The molecular formula is C16H14IN3O. The van der Waals surface area contributed by atoms with Gasteiger partial charge in [0, 0.05) is 15.7 Å². The number of nitrogens with two attached hydrogens (primary N) is 1. The fourth-order valence-corrected chi connectivity index (χ4v) is 2.53. The van der Waals surface area contributed by atoms with E-state index in [9.17, 15) is 0 Å². The van der Waals surface area contributed by atoms with E-state index in [4.69, 9.17) is 10.3 Å². The van der Waals surface area contributed by atoms with E-state index in [2.05, 4.69) is 63.9 Å². The molecule has 3 aromatic rings. The van der Waals surface area contributed by atoms with Crippen LogP contribution in [0.4, 0.5) is 5.69 Å². The summed E-state index contributed by atoms with van der Waals surface area (Å²) in [6.07, 6.45) is 0.646. The van der Waals surface area contributed by atoms with Gasteiger partial charge in [-0.25, -0.2) is 0 Å². The average molecular weight is 391 g/mol. The second-order valence-electron chi connectivity index (χ2n) is 4.91. The van der Waals surface area contributed by atoms with Crippen molar-refractivity contribution in [3.05, 3.63) is 63.0 Å². The van der Waals surface area contributed by atoms with Gasteiger partial charge < -0.3 is 10.3 Å². The first-order valence-corrected chi connectivity index (χ1v) is 7.63. The molecule has 0 aliphatic heterocycles. The van der Waals surface area contributed by atoms with Gasteiger partial charge in [0.15, 0.2) is 5.82 Å². The molecule has 1 aromatic heterocycles.